The Hall–Kier alpha value is -0.770. The highest BCUT2D eigenvalue weighted by Gasteiger charge is 2.18. The average Bonchev–Trinajstić information content (AvgIpc) is 2.32. The van der Waals surface area contributed by atoms with Crippen LogP contribution in [0.4, 0.5) is 0 Å². The standard InChI is InChI=1S/C13H18Cl2N2O/c1-4-16-13(18)9(2)17(3)8-10-5-6-11(14)7-12(10)15/h5-7,9H,4,8H2,1-3H3,(H,16,18)/t9-/m0/s1. The van der Waals surface area contributed by atoms with Crippen LogP contribution in [0.2, 0.25) is 10.0 Å². The molecule has 0 spiro atoms. The maximum atomic E-state index is 11.7. The third kappa shape index (κ3) is 4.16. The summed E-state index contributed by atoms with van der Waals surface area (Å²) in [7, 11) is 1.89. The van der Waals surface area contributed by atoms with Crippen molar-refractivity contribution < 1.29 is 4.79 Å². The molecule has 100 valence electrons. The van der Waals surface area contributed by atoms with Crippen LogP contribution in [0.1, 0.15) is 19.4 Å². The number of hydrogen-bond donors (Lipinski definition) is 1. The van der Waals surface area contributed by atoms with Gasteiger partial charge in [-0.1, -0.05) is 29.3 Å². The Morgan fingerprint density at radius 3 is 2.67 bits per heavy atom. The third-order valence-electron chi connectivity index (χ3n) is 2.83. The number of nitrogens with zero attached hydrogens (tertiary/aromatic N) is 1. The molecule has 0 saturated carbocycles. The van der Waals surface area contributed by atoms with E-state index in [1.807, 2.05) is 31.9 Å². The SMILES string of the molecule is CCNC(=O)[C@H](C)N(C)Cc1ccc(Cl)cc1Cl. The van der Waals surface area contributed by atoms with Crippen molar-refractivity contribution in [3.63, 3.8) is 0 Å². The highest BCUT2D eigenvalue weighted by Crippen LogP contribution is 2.22. The van der Waals surface area contributed by atoms with E-state index in [1.54, 1.807) is 12.1 Å². The van der Waals surface area contributed by atoms with E-state index in [-0.39, 0.29) is 11.9 Å². The Bertz CT molecular complexity index is 423. The number of nitrogens with one attached hydrogen (secondary N) is 1. The molecule has 3 nitrogen and oxygen atoms in total. The van der Waals surface area contributed by atoms with Gasteiger partial charge in [-0.05, 0) is 38.6 Å². The summed E-state index contributed by atoms with van der Waals surface area (Å²) in [6, 6.07) is 5.19. The Morgan fingerprint density at radius 1 is 1.44 bits per heavy atom. The van der Waals surface area contributed by atoms with Gasteiger partial charge in [0.25, 0.3) is 0 Å². The lowest BCUT2D eigenvalue weighted by Crippen LogP contribution is -2.42. The lowest BCUT2D eigenvalue weighted by atomic mass is 10.2. The first-order valence-electron chi connectivity index (χ1n) is 5.87. The number of rotatable bonds is 5. The largest absolute Gasteiger partial charge is 0.355 e. The van der Waals surface area contributed by atoms with Gasteiger partial charge in [-0.3, -0.25) is 9.69 Å². The van der Waals surface area contributed by atoms with Gasteiger partial charge in [-0.25, -0.2) is 0 Å². The van der Waals surface area contributed by atoms with Gasteiger partial charge in [0.05, 0.1) is 6.04 Å². The Balaban J connectivity index is 2.69. The van der Waals surface area contributed by atoms with Crippen LogP contribution >= 0.6 is 23.2 Å². The van der Waals surface area contributed by atoms with Crippen LogP contribution in [0.5, 0.6) is 0 Å². The number of halogens is 2. The lowest BCUT2D eigenvalue weighted by molar-refractivity contribution is -0.125. The van der Waals surface area contributed by atoms with Crippen molar-refractivity contribution in [2.24, 2.45) is 0 Å². The van der Waals surface area contributed by atoms with E-state index in [0.29, 0.717) is 23.1 Å². The molecule has 5 heteroatoms. The Kier molecular flexibility index (Phi) is 5.93. The molecule has 0 aliphatic carbocycles. The van der Waals surface area contributed by atoms with E-state index in [2.05, 4.69) is 5.32 Å². The van der Waals surface area contributed by atoms with Gasteiger partial charge in [-0.15, -0.1) is 0 Å². The van der Waals surface area contributed by atoms with E-state index < -0.39 is 0 Å². The summed E-state index contributed by atoms with van der Waals surface area (Å²) < 4.78 is 0. The molecule has 1 aromatic carbocycles. The smallest absolute Gasteiger partial charge is 0.237 e. The van der Waals surface area contributed by atoms with Crippen LogP contribution < -0.4 is 5.32 Å². The first-order valence-corrected chi connectivity index (χ1v) is 6.63. The first kappa shape index (κ1) is 15.3. The fraction of sp³-hybridized carbons (Fsp3) is 0.462. The molecule has 0 aliphatic heterocycles. The summed E-state index contributed by atoms with van der Waals surface area (Å²) >= 11 is 12.0. The summed E-state index contributed by atoms with van der Waals surface area (Å²) in [5.41, 5.74) is 0.958. The molecule has 1 aromatic rings. The molecule has 1 atom stereocenters. The van der Waals surface area contributed by atoms with Crippen LogP contribution in [0.3, 0.4) is 0 Å². The van der Waals surface area contributed by atoms with Crippen molar-refractivity contribution in [2.75, 3.05) is 13.6 Å². The molecular weight excluding hydrogens is 271 g/mol. The second kappa shape index (κ2) is 6.98. The molecule has 1 amide bonds. The first-order chi connectivity index (χ1) is 8.45. The molecule has 0 radical (unpaired) electrons. The van der Waals surface area contributed by atoms with Gasteiger partial charge in [0.15, 0.2) is 0 Å². The zero-order chi connectivity index (χ0) is 13.7. The quantitative estimate of drug-likeness (QED) is 0.904. The average molecular weight is 289 g/mol. The number of carbonyl (C=O) groups excluding carboxylic acids is 1. The molecule has 0 saturated heterocycles. The number of benzene rings is 1. The molecule has 0 bridgehead atoms. The van der Waals surface area contributed by atoms with E-state index in [9.17, 15) is 4.79 Å². The Labute approximate surface area is 118 Å². The molecule has 0 unspecified atom stereocenters. The van der Waals surface area contributed by atoms with Gasteiger partial charge in [-0.2, -0.15) is 0 Å². The van der Waals surface area contributed by atoms with Gasteiger partial charge in [0.2, 0.25) is 5.91 Å². The number of hydrogen-bond acceptors (Lipinski definition) is 2. The van der Waals surface area contributed by atoms with Gasteiger partial charge in [0, 0.05) is 23.1 Å². The molecule has 0 aromatic heterocycles. The highest BCUT2D eigenvalue weighted by atomic mass is 35.5. The predicted octanol–water partition coefficient (Wildman–Crippen LogP) is 2.95. The molecule has 1 rings (SSSR count). The Morgan fingerprint density at radius 2 is 2.11 bits per heavy atom. The van der Waals surface area contributed by atoms with Crippen molar-refractivity contribution >= 4 is 29.1 Å². The molecular formula is C13H18Cl2N2O. The van der Waals surface area contributed by atoms with E-state index in [4.69, 9.17) is 23.2 Å². The number of likely N-dealkylation sites (N-methyl/N-ethyl adjacent to an activating group) is 2. The van der Waals surface area contributed by atoms with Gasteiger partial charge >= 0.3 is 0 Å². The van der Waals surface area contributed by atoms with E-state index >= 15 is 0 Å². The third-order valence-corrected chi connectivity index (χ3v) is 3.41. The highest BCUT2D eigenvalue weighted by molar-refractivity contribution is 6.35. The molecule has 1 N–H and O–H groups in total. The van der Waals surface area contributed by atoms with Crippen LogP contribution in [-0.2, 0) is 11.3 Å². The zero-order valence-corrected chi connectivity index (χ0v) is 12.3. The lowest BCUT2D eigenvalue weighted by Gasteiger charge is -2.24. The van der Waals surface area contributed by atoms with Crippen molar-refractivity contribution in [1.29, 1.82) is 0 Å². The summed E-state index contributed by atoms with van der Waals surface area (Å²) in [5.74, 6) is 0.0186. The van der Waals surface area contributed by atoms with Crippen LogP contribution in [-0.4, -0.2) is 30.4 Å². The topological polar surface area (TPSA) is 32.3 Å². The van der Waals surface area contributed by atoms with Crippen LogP contribution in [0.15, 0.2) is 18.2 Å². The summed E-state index contributed by atoms with van der Waals surface area (Å²) in [5, 5.41) is 4.04. The van der Waals surface area contributed by atoms with E-state index in [0.717, 1.165) is 5.56 Å². The van der Waals surface area contributed by atoms with Crippen LogP contribution in [0.25, 0.3) is 0 Å². The minimum absolute atomic E-state index is 0.0186. The normalized spacial score (nSPS) is 12.6. The minimum atomic E-state index is -0.198. The second-order valence-electron chi connectivity index (χ2n) is 4.22. The molecule has 0 fully saturated rings. The fourth-order valence-corrected chi connectivity index (χ4v) is 2.05. The number of carbonyl (C=O) groups is 1. The maximum absolute atomic E-state index is 11.7. The monoisotopic (exact) mass is 288 g/mol. The summed E-state index contributed by atoms with van der Waals surface area (Å²) in [4.78, 5) is 13.7. The molecule has 0 heterocycles. The van der Waals surface area contributed by atoms with Crippen molar-refractivity contribution in [2.45, 2.75) is 26.4 Å². The fourth-order valence-electron chi connectivity index (χ4n) is 1.58. The number of amides is 1. The van der Waals surface area contributed by atoms with Gasteiger partial charge in [0.1, 0.15) is 0 Å². The second-order valence-corrected chi connectivity index (χ2v) is 5.07. The summed E-state index contributed by atoms with van der Waals surface area (Å²) in [6.07, 6.45) is 0. The van der Waals surface area contributed by atoms with Crippen molar-refractivity contribution in [1.82, 2.24) is 10.2 Å². The van der Waals surface area contributed by atoms with Gasteiger partial charge < -0.3 is 5.32 Å². The maximum Gasteiger partial charge on any atom is 0.237 e. The summed E-state index contributed by atoms with van der Waals surface area (Å²) in [6.45, 7) is 5.02. The molecule has 18 heavy (non-hydrogen) atoms. The zero-order valence-electron chi connectivity index (χ0n) is 10.8. The van der Waals surface area contributed by atoms with E-state index in [1.165, 1.54) is 0 Å². The predicted molar refractivity (Wildman–Crippen MR) is 76.1 cm³/mol. The molecule has 0 aliphatic rings. The van der Waals surface area contributed by atoms with Crippen LogP contribution in [0, 0.1) is 0 Å². The van der Waals surface area contributed by atoms with Crippen molar-refractivity contribution in [3.8, 4) is 0 Å². The minimum Gasteiger partial charge on any atom is -0.355 e. The van der Waals surface area contributed by atoms with Crippen molar-refractivity contribution in [3.05, 3.63) is 33.8 Å².